The molecule has 2 aromatic rings. The van der Waals surface area contributed by atoms with Crippen molar-refractivity contribution >= 4 is 43.2 Å². The molecule has 0 fully saturated rings. The van der Waals surface area contributed by atoms with Gasteiger partial charge in [-0.05, 0) is 50.9 Å². The molecule has 0 spiro atoms. The summed E-state index contributed by atoms with van der Waals surface area (Å²) in [6.07, 6.45) is 1.58. The third-order valence-corrected chi connectivity index (χ3v) is 4.63. The number of halogens is 2. The Morgan fingerprint density at radius 2 is 2.19 bits per heavy atom. The summed E-state index contributed by atoms with van der Waals surface area (Å²) in [6, 6.07) is 3.97. The summed E-state index contributed by atoms with van der Waals surface area (Å²) in [4.78, 5) is 17.1. The van der Waals surface area contributed by atoms with Gasteiger partial charge in [0, 0.05) is 4.88 Å². The van der Waals surface area contributed by atoms with Crippen molar-refractivity contribution in [1.82, 2.24) is 9.55 Å². The Bertz CT molecular complexity index is 576. The molecule has 3 nitrogen and oxygen atoms in total. The largest absolute Gasteiger partial charge is 0.293 e. The molecule has 2 rings (SSSR count). The third kappa shape index (κ3) is 2.44. The third-order valence-electron chi connectivity index (χ3n) is 2.11. The van der Waals surface area contributed by atoms with Gasteiger partial charge in [-0.2, -0.15) is 0 Å². The van der Waals surface area contributed by atoms with Crippen LogP contribution in [-0.2, 0) is 6.54 Å². The molecule has 0 N–H and O–H groups in total. The van der Waals surface area contributed by atoms with Crippen LogP contribution in [-0.4, -0.2) is 9.55 Å². The lowest BCUT2D eigenvalue weighted by molar-refractivity contribution is 0.733. The lowest BCUT2D eigenvalue weighted by atomic mass is 10.4. The fourth-order valence-corrected chi connectivity index (χ4v) is 3.08. The van der Waals surface area contributed by atoms with Gasteiger partial charge in [0.2, 0.25) is 0 Å². The second-order valence-electron chi connectivity index (χ2n) is 3.28. The Morgan fingerprint density at radius 1 is 1.44 bits per heavy atom. The number of aryl methyl sites for hydroxylation is 1. The molecule has 84 valence electrons. The van der Waals surface area contributed by atoms with Crippen LogP contribution in [0.4, 0.5) is 0 Å². The van der Waals surface area contributed by atoms with E-state index in [1.807, 2.05) is 12.1 Å². The van der Waals surface area contributed by atoms with Crippen LogP contribution in [0.5, 0.6) is 0 Å². The predicted octanol–water partition coefficient (Wildman–Crippen LogP) is 3.19. The molecule has 0 atom stereocenters. The smallest absolute Gasteiger partial charge is 0.268 e. The number of hydrogen-bond donors (Lipinski definition) is 0. The van der Waals surface area contributed by atoms with E-state index in [1.165, 1.54) is 0 Å². The average Bonchev–Trinajstić information content (AvgIpc) is 2.65. The Kier molecular flexibility index (Phi) is 3.61. The Hall–Kier alpha value is -0.460. The van der Waals surface area contributed by atoms with Crippen LogP contribution in [0.1, 0.15) is 10.6 Å². The predicted molar refractivity (Wildman–Crippen MR) is 72.1 cm³/mol. The molecule has 0 aliphatic heterocycles. The van der Waals surface area contributed by atoms with Crippen LogP contribution in [0.25, 0.3) is 0 Å². The molecule has 0 aromatic carbocycles. The molecule has 0 bridgehead atoms. The van der Waals surface area contributed by atoms with Crippen LogP contribution in [0.2, 0.25) is 0 Å². The lowest BCUT2D eigenvalue weighted by Crippen LogP contribution is -2.22. The highest BCUT2D eigenvalue weighted by molar-refractivity contribution is 9.11. The van der Waals surface area contributed by atoms with E-state index in [2.05, 4.69) is 36.8 Å². The fourth-order valence-electron chi connectivity index (χ4n) is 1.26. The molecule has 16 heavy (non-hydrogen) atoms. The highest BCUT2D eigenvalue weighted by atomic mass is 79.9. The second kappa shape index (κ2) is 4.81. The molecule has 0 radical (unpaired) electrons. The maximum Gasteiger partial charge on any atom is 0.268 e. The maximum absolute atomic E-state index is 11.9. The van der Waals surface area contributed by atoms with E-state index >= 15 is 0 Å². The first-order valence-electron chi connectivity index (χ1n) is 4.53. The number of aromatic nitrogens is 2. The molecule has 0 aliphatic rings. The zero-order valence-electron chi connectivity index (χ0n) is 8.41. The number of thiophene rings is 1. The van der Waals surface area contributed by atoms with Gasteiger partial charge in [0.1, 0.15) is 4.47 Å². The molecule has 0 unspecified atom stereocenters. The first-order chi connectivity index (χ1) is 7.58. The van der Waals surface area contributed by atoms with Gasteiger partial charge in [-0.1, -0.05) is 0 Å². The van der Waals surface area contributed by atoms with Crippen LogP contribution >= 0.6 is 43.2 Å². The molecule has 0 aliphatic carbocycles. The fraction of sp³-hybridized carbons (Fsp3) is 0.200. The van der Waals surface area contributed by atoms with E-state index in [4.69, 9.17) is 0 Å². The van der Waals surface area contributed by atoms with E-state index in [0.717, 1.165) is 8.66 Å². The van der Waals surface area contributed by atoms with Crippen molar-refractivity contribution in [3.63, 3.8) is 0 Å². The summed E-state index contributed by atoms with van der Waals surface area (Å²) in [7, 11) is 0. The number of rotatable bonds is 2. The van der Waals surface area contributed by atoms with Crippen LogP contribution in [0.15, 0.2) is 31.5 Å². The van der Waals surface area contributed by atoms with E-state index in [0.29, 0.717) is 16.7 Å². The van der Waals surface area contributed by atoms with Crippen molar-refractivity contribution in [2.24, 2.45) is 0 Å². The summed E-state index contributed by atoms with van der Waals surface area (Å²) >= 11 is 8.26. The van der Waals surface area contributed by atoms with Crippen LogP contribution < -0.4 is 5.56 Å². The summed E-state index contributed by atoms with van der Waals surface area (Å²) < 4.78 is 3.19. The van der Waals surface area contributed by atoms with E-state index in [9.17, 15) is 4.79 Å². The summed E-state index contributed by atoms with van der Waals surface area (Å²) in [5.74, 6) is 0. The molecule has 6 heteroatoms. The minimum Gasteiger partial charge on any atom is -0.293 e. The number of hydrogen-bond acceptors (Lipinski definition) is 3. The van der Waals surface area contributed by atoms with Gasteiger partial charge >= 0.3 is 0 Å². The monoisotopic (exact) mass is 362 g/mol. The second-order valence-corrected chi connectivity index (χ2v) is 6.62. The molecular formula is C10H8Br2N2OS. The van der Waals surface area contributed by atoms with Crippen molar-refractivity contribution in [3.8, 4) is 0 Å². The van der Waals surface area contributed by atoms with Crippen molar-refractivity contribution in [1.29, 1.82) is 0 Å². The molecule has 0 amide bonds. The average molecular weight is 364 g/mol. The Morgan fingerprint density at radius 3 is 2.81 bits per heavy atom. The van der Waals surface area contributed by atoms with E-state index in [-0.39, 0.29) is 5.56 Å². The SMILES string of the molecule is Cc1ncn(Cc2ccc(Br)s2)c(=O)c1Br. The van der Waals surface area contributed by atoms with E-state index in [1.54, 1.807) is 29.2 Å². The standard InChI is InChI=1S/C10H8Br2N2OS/c1-6-9(12)10(15)14(5-13-6)4-7-2-3-8(11)16-7/h2-3,5H,4H2,1H3. The summed E-state index contributed by atoms with van der Waals surface area (Å²) in [5, 5.41) is 0. The van der Waals surface area contributed by atoms with Crippen LogP contribution in [0.3, 0.4) is 0 Å². The molecular weight excluding hydrogens is 356 g/mol. The van der Waals surface area contributed by atoms with Crippen LogP contribution in [0, 0.1) is 6.92 Å². The minimum absolute atomic E-state index is 0.0444. The summed E-state index contributed by atoms with van der Waals surface area (Å²) in [5.41, 5.74) is 0.672. The van der Waals surface area contributed by atoms with Gasteiger partial charge in [-0.25, -0.2) is 4.98 Å². The van der Waals surface area contributed by atoms with E-state index < -0.39 is 0 Å². The van der Waals surface area contributed by atoms with Gasteiger partial charge in [-0.15, -0.1) is 11.3 Å². The van der Waals surface area contributed by atoms with Gasteiger partial charge < -0.3 is 0 Å². The highest BCUT2D eigenvalue weighted by Crippen LogP contribution is 2.22. The highest BCUT2D eigenvalue weighted by Gasteiger charge is 2.06. The van der Waals surface area contributed by atoms with Crippen molar-refractivity contribution in [2.45, 2.75) is 13.5 Å². The van der Waals surface area contributed by atoms with Crippen molar-refractivity contribution in [3.05, 3.63) is 47.6 Å². The topological polar surface area (TPSA) is 34.9 Å². The molecule has 0 saturated carbocycles. The molecule has 2 aromatic heterocycles. The quantitative estimate of drug-likeness (QED) is 0.821. The minimum atomic E-state index is -0.0444. The zero-order chi connectivity index (χ0) is 11.7. The van der Waals surface area contributed by atoms with Gasteiger partial charge in [-0.3, -0.25) is 9.36 Å². The first kappa shape index (κ1) is 12.0. The normalized spacial score (nSPS) is 10.7. The van der Waals surface area contributed by atoms with Crippen molar-refractivity contribution in [2.75, 3.05) is 0 Å². The summed E-state index contributed by atoms with van der Waals surface area (Å²) in [6.45, 7) is 2.36. The first-order valence-corrected chi connectivity index (χ1v) is 6.94. The van der Waals surface area contributed by atoms with Crippen molar-refractivity contribution < 1.29 is 0 Å². The lowest BCUT2D eigenvalue weighted by Gasteiger charge is -2.04. The molecule has 2 heterocycles. The molecule has 0 saturated heterocycles. The van der Waals surface area contributed by atoms with Gasteiger partial charge in [0.25, 0.3) is 5.56 Å². The number of nitrogens with zero attached hydrogens (tertiary/aromatic N) is 2. The van der Waals surface area contributed by atoms with Gasteiger partial charge in [0.05, 0.1) is 22.4 Å². The zero-order valence-corrected chi connectivity index (χ0v) is 12.4. The van der Waals surface area contributed by atoms with Gasteiger partial charge in [0.15, 0.2) is 0 Å². The maximum atomic E-state index is 11.9. The Balaban J connectivity index is 2.36. The Labute approximate surface area is 113 Å².